The highest BCUT2D eigenvalue weighted by atomic mass is 16.7. The van der Waals surface area contributed by atoms with E-state index in [9.17, 15) is 14.4 Å². The molecule has 0 radical (unpaired) electrons. The summed E-state index contributed by atoms with van der Waals surface area (Å²) in [6.45, 7) is 8.43. The third-order valence-corrected chi connectivity index (χ3v) is 7.30. The van der Waals surface area contributed by atoms with Gasteiger partial charge in [0.05, 0.1) is 12.1 Å². The number of likely N-dealkylation sites (N-methyl/N-ethyl adjacent to an activating group) is 1. The molecule has 1 aromatic rings. The number of nitrogens with one attached hydrogen (secondary N) is 3. The quantitative estimate of drug-likeness (QED) is 0.581. The number of carbonyl (C=O) groups is 3. The lowest BCUT2D eigenvalue weighted by Crippen LogP contribution is -2.60. The fourth-order valence-electron chi connectivity index (χ4n) is 5.22. The summed E-state index contributed by atoms with van der Waals surface area (Å²) >= 11 is 0. The maximum atomic E-state index is 13.8. The average molecular weight is 473 g/mol. The van der Waals surface area contributed by atoms with Crippen LogP contribution in [0.15, 0.2) is 18.2 Å². The Morgan fingerprint density at radius 3 is 2.53 bits per heavy atom. The van der Waals surface area contributed by atoms with E-state index in [1.807, 2.05) is 25.7 Å². The molecule has 34 heavy (non-hydrogen) atoms. The summed E-state index contributed by atoms with van der Waals surface area (Å²) in [6, 6.07) is 3.89. The third kappa shape index (κ3) is 4.71. The van der Waals surface area contributed by atoms with E-state index in [0.29, 0.717) is 29.5 Å². The van der Waals surface area contributed by atoms with Crippen LogP contribution in [0.2, 0.25) is 0 Å². The molecule has 4 rings (SSSR count). The number of benzene rings is 1. The molecule has 1 aromatic carbocycles. The first-order valence-corrected chi connectivity index (χ1v) is 12.1. The van der Waals surface area contributed by atoms with Crippen LogP contribution in [0.25, 0.3) is 0 Å². The third-order valence-electron chi connectivity index (χ3n) is 7.30. The Hall–Kier alpha value is -2.81. The zero-order valence-corrected chi connectivity index (χ0v) is 20.6. The Morgan fingerprint density at radius 2 is 1.82 bits per heavy atom. The van der Waals surface area contributed by atoms with Gasteiger partial charge in [-0.2, -0.15) is 0 Å². The molecule has 2 fully saturated rings. The number of hydrogen-bond donors (Lipinski definition) is 3. The van der Waals surface area contributed by atoms with E-state index in [-0.39, 0.29) is 36.6 Å². The van der Waals surface area contributed by atoms with Gasteiger partial charge in [-0.05, 0) is 62.8 Å². The van der Waals surface area contributed by atoms with Gasteiger partial charge in [0, 0.05) is 18.2 Å². The second kappa shape index (κ2) is 9.44. The van der Waals surface area contributed by atoms with Crippen molar-refractivity contribution in [3.63, 3.8) is 0 Å². The predicted molar refractivity (Wildman–Crippen MR) is 127 cm³/mol. The minimum atomic E-state index is -0.652. The van der Waals surface area contributed by atoms with Crippen LogP contribution in [0.5, 0.6) is 11.5 Å². The van der Waals surface area contributed by atoms with Crippen LogP contribution in [-0.4, -0.2) is 67.2 Å². The second-order valence-electron chi connectivity index (χ2n) is 10.6. The van der Waals surface area contributed by atoms with Gasteiger partial charge >= 0.3 is 0 Å². The van der Waals surface area contributed by atoms with Crippen LogP contribution in [0.4, 0.5) is 0 Å². The van der Waals surface area contributed by atoms with Crippen molar-refractivity contribution in [2.24, 2.45) is 11.3 Å². The molecule has 0 bridgehead atoms. The lowest BCUT2D eigenvalue weighted by atomic mass is 9.85. The Morgan fingerprint density at radius 1 is 1.09 bits per heavy atom. The molecule has 9 heteroatoms. The summed E-state index contributed by atoms with van der Waals surface area (Å²) in [5, 5.41) is 9.05. The van der Waals surface area contributed by atoms with Gasteiger partial charge in [0.25, 0.3) is 5.91 Å². The molecule has 1 aliphatic carbocycles. The highest BCUT2D eigenvalue weighted by Crippen LogP contribution is 2.40. The maximum Gasteiger partial charge on any atom is 0.251 e. The lowest BCUT2D eigenvalue weighted by Gasteiger charge is -2.37. The average Bonchev–Trinajstić information content (AvgIpc) is 3.52. The molecule has 2 heterocycles. The first-order valence-electron chi connectivity index (χ1n) is 12.1. The molecule has 0 spiro atoms. The van der Waals surface area contributed by atoms with Crippen LogP contribution in [0.1, 0.15) is 57.3 Å². The van der Waals surface area contributed by atoms with E-state index >= 15 is 0 Å². The van der Waals surface area contributed by atoms with Crippen molar-refractivity contribution < 1.29 is 23.9 Å². The summed E-state index contributed by atoms with van der Waals surface area (Å²) in [6.07, 6.45) is 2.69. The molecule has 1 saturated heterocycles. The predicted octanol–water partition coefficient (Wildman–Crippen LogP) is 1.66. The Labute approximate surface area is 200 Å². The smallest absolute Gasteiger partial charge is 0.251 e. The van der Waals surface area contributed by atoms with Crippen LogP contribution in [-0.2, 0) is 9.59 Å². The molecule has 9 nitrogen and oxygen atoms in total. The SMILES string of the molecule is CN[C@@H](C)C(=O)N[C@H](C(=O)N1CC[C@H]2CC[C@H](NC(=O)c3ccc4c(c3)OCO4)[C@H]21)C(C)(C)C. The Kier molecular flexibility index (Phi) is 6.75. The topological polar surface area (TPSA) is 109 Å². The first-order chi connectivity index (χ1) is 16.1. The molecular weight excluding hydrogens is 436 g/mol. The number of hydrogen-bond acceptors (Lipinski definition) is 6. The number of carbonyl (C=O) groups excluding carboxylic acids is 3. The first kappa shape index (κ1) is 24.3. The summed E-state index contributed by atoms with van der Waals surface area (Å²) in [5.74, 6) is 1.07. The standard InChI is InChI=1S/C25H36N4O5/c1-14(26-5)22(30)28-21(25(2,3)4)24(32)29-11-10-15-6-8-17(20(15)29)27-23(31)16-7-9-18-19(12-16)34-13-33-18/h7,9,12,14-15,17,20-21,26H,6,8,10-11,13H2,1-5H3,(H,27,31)(H,28,30)/t14-,15+,17-,20-,21+/m0/s1. The molecule has 2 aliphatic heterocycles. The second-order valence-corrected chi connectivity index (χ2v) is 10.6. The van der Waals surface area contributed by atoms with Crippen molar-refractivity contribution in [2.45, 2.75) is 71.1 Å². The molecule has 0 aromatic heterocycles. The number of likely N-dealkylation sites (tertiary alicyclic amines) is 1. The molecular formula is C25H36N4O5. The molecule has 5 atom stereocenters. The van der Waals surface area contributed by atoms with E-state index in [4.69, 9.17) is 9.47 Å². The summed E-state index contributed by atoms with van der Waals surface area (Å²) < 4.78 is 10.7. The van der Waals surface area contributed by atoms with Crippen LogP contribution in [0, 0.1) is 11.3 Å². The summed E-state index contributed by atoms with van der Waals surface area (Å²) in [4.78, 5) is 41.3. The van der Waals surface area contributed by atoms with Gasteiger partial charge < -0.3 is 30.3 Å². The summed E-state index contributed by atoms with van der Waals surface area (Å²) in [7, 11) is 1.72. The van der Waals surface area contributed by atoms with Gasteiger partial charge in [-0.15, -0.1) is 0 Å². The number of rotatable bonds is 6. The van der Waals surface area contributed by atoms with Crippen molar-refractivity contribution in [1.82, 2.24) is 20.9 Å². The highest BCUT2D eigenvalue weighted by Gasteiger charge is 2.49. The van der Waals surface area contributed by atoms with Gasteiger partial charge in [0.15, 0.2) is 11.5 Å². The van der Waals surface area contributed by atoms with Gasteiger partial charge in [-0.1, -0.05) is 20.8 Å². The van der Waals surface area contributed by atoms with Crippen molar-refractivity contribution in [3.8, 4) is 11.5 Å². The van der Waals surface area contributed by atoms with E-state index < -0.39 is 17.5 Å². The highest BCUT2D eigenvalue weighted by molar-refractivity contribution is 5.95. The van der Waals surface area contributed by atoms with Crippen molar-refractivity contribution in [2.75, 3.05) is 20.4 Å². The molecule has 3 N–H and O–H groups in total. The normalized spacial score (nSPS) is 25.0. The molecule has 186 valence electrons. The molecule has 3 aliphatic rings. The summed E-state index contributed by atoms with van der Waals surface area (Å²) in [5.41, 5.74) is 0.0479. The van der Waals surface area contributed by atoms with Gasteiger partial charge in [0.1, 0.15) is 6.04 Å². The Bertz CT molecular complexity index is 959. The zero-order valence-electron chi connectivity index (χ0n) is 20.6. The van der Waals surface area contributed by atoms with Gasteiger partial charge in [-0.3, -0.25) is 14.4 Å². The fraction of sp³-hybridized carbons (Fsp3) is 0.640. The van der Waals surface area contributed by atoms with E-state index in [0.717, 1.165) is 19.3 Å². The van der Waals surface area contributed by atoms with E-state index in [1.54, 1.807) is 32.2 Å². The van der Waals surface area contributed by atoms with Crippen LogP contribution in [0.3, 0.4) is 0 Å². The van der Waals surface area contributed by atoms with Crippen molar-refractivity contribution >= 4 is 17.7 Å². The van der Waals surface area contributed by atoms with Crippen molar-refractivity contribution in [3.05, 3.63) is 23.8 Å². The lowest BCUT2D eigenvalue weighted by molar-refractivity contribution is -0.141. The largest absolute Gasteiger partial charge is 0.454 e. The van der Waals surface area contributed by atoms with Crippen molar-refractivity contribution in [1.29, 1.82) is 0 Å². The van der Waals surface area contributed by atoms with Crippen LogP contribution < -0.4 is 25.4 Å². The molecule has 0 unspecified atom stereocenters. The monoisotopic (exact) mass is 472 g/mol. The zero-order chi connectivity index (χ0) is 24.6. The number of amides is 3. The Balaban J connectivity index is 1.49. The maximum absolute atomic E-state index is 13.8. The minimum absolute atomic E-state index is 0.0751. The molecule has 1 saturated carbocycles. The van der Waals surface area contributed by atoms with Crippen LogP contribution >= 0.6 is 0 Å². The van der Waals surface area contributed by atoms with Gasteiger partial charge in [-0.25, -0.2) is 0 Å². The minimum Gasteiger partial charge on any atom is -0.454 e. The van der Waals surface area contributed by atoms with E-state index in [1.165, 1.54) is 0 Å². The van der Waals surface area contributed by atoms with Gasteiger partial charge in [0.2, 0.25) is 18.6 Å². The number of ether oxygens (including phenoxy) is 2. The number of nitrogens with zero attached hydrogens (tertiary/aromatic N) is 1. The fourth-order valence-corrected chi connectivity index (χ4v) is 5.22. The number of fused-ring (bicyclic) bond motifs is 2. The molecule has 3 amide bonds. The van der Waals surface area contributed by atoms with E-state index in [2.05, 4.69) is 16.0 Å².